The van der Waals surface area contributed by atoms with E-state index in [9.17, 15) is 31.1 Å². The number of alkyl halides is 6. The van der Waals surface area contributed by atoms with E-state index < -0.39 is 35.1 Å². The highest BCUT2D eigenvalue weighted by molar-refractivity contribution is 7.99. The molecule has 176 valence electrons. The summed E-state index contributed by atoms with van der Waals surface area (Å²) in [5.41, 5.74) is -2.03. The van der Waals surface area contributed by atoms with Crippen molar-refractivity contribution in [1.29, 1.82) is 0 Å². The first-order chi connectivity index (χ1) is 15.4. The molecular weight excluding hydrogens is 472 g/mol. The van der Waals surface area contributed by atoms with Gasteiger partial charge in [0.25, 0.3) is 0 Å². The first-order valence-electron chi connectivity index (χ1n) is 9.27. The molecule has 1 aromatic heterocycles. The number of methoxy groups -OCH3 is 1. The highest BCUT2D eigenvalue weighted by atomic mass is 32.2. The molecule has 0 aliphatic heterocycles. The first kappa shape index (κ1) is 24.5. The molecule has 0 atom stereocenters. The molecule has 0 fully saturated rings. The van der Waals surface area contributed by atoms with Crippen molar-refractivity contribution in [3.05, 3.63) is 59.8 Å². The Balaban J connectivity index is 1.71. The van der Waals surface area contributed by atoms with Gasteiger partial charge in [-0.05, 0) is 42.5 Å². The monoisotopic (exact) mass is 489 g/mol. The summed E-state index contributed by atoms with van der Waals surface area (Å²) in [6, 6.07) is 8.10. The second-order valence-electron chi connectivity index (χ2n) is 6.84. The van der Waals surface area contributed by atoms with Crippen molar-refractivity contribution in [3.8, 4) is 17.0 Å². The standard InChI is InChI=1S/C21H17F6N3O2S/c1-30-17(12-3-5-16(32-2)6-4-12)10-28-19(30)33-11-18(31)29-15-8-13(20(22,23)24)7-14(9-15)21(25,26)27/h3-10H,11H2,1-2H3,(H,29,31). The van der Waals surface area contributed by atoms with Crippen molar-refractivity contribution in [2.75, 3.05) is 18.2 Å². The molecular formula is C21H17F6N3O2S. The van der Waals surface area contributed by atoms with Crippen LogP contribution in [0.3, 0.4) is 0 Å². The number of nitrogens with zero attached hydrogens (tertiary/aromatic N) is 2. The van der Waals surface area contributed by atoms with Crippen LogP contribution in [-0.2, 0) is 24.2 Å². The van der Waals surface area contributed by atoms with Gasteiger partial charge in [0.15, 0.2) is 5.16 Å². The van der Waals surface area contributed by atoms with Crippen LogP contribution in [0.2, 0.25) is 0 Å². The number of hydrogen-bond donors (Lipinski definition) is 1. The third-order valence-corrected chi connectivity index (χ3v) is 5.58. The topological polar surface area (TPSA) is 56.1 Å². The van der Waals surface area contributed by atoms with Crippen LogP contribution < -0.4 is 10.1 Å². The fourth-order valence-electron chi connectivity index (χ4n) is 2.91. The number of thioether (sulfide) groups is 1. The van der Waals surface area contributed by atoms with E-state index in [0.29, 0.717) is 23.0 Å². The summed E-state index contributed by atoms with van der Waals surface area (Å²) in [5.74, 6) is -0.373. The van der Waals surface area contributed by atoms with E-state index in [1.165, 1.54) is 0 Å². The van der Waals surface area contributed by atoms with Gasteiger partial charge in [-0.15, -0.1) is 0 Å². The van der Waals surface area contributed by atoms with Gasteiger partial charge in [0.1, 0.15) is 5.75 Å². The fourth-order valence-corrected chi connectivity index (χ4v) is 3.66. The Bertz CT molecular complexity index is 1110. The molecule has 33 heavy (non-hydrogen) atoms. The van der Waals surface area contributed by atoms with Crippen LogP contribution in [0.5, 0.6) is 5.75 Å². The summed E-state index contributed by atoms with van der Waals surface area (Å²) in [5, 5.41) is 2.54. The Morgan fingerprint density at radius 3 is 2.12 bits per heavy atom. The van der Waals surface area contributed by atoms with Gasteiger partial charge in [0.05, 0.1) is 35.9 Å². The Hall–Kier alpha value is -3.15. The molecule has 0 saturated carbocycles. The first-order valence-corrected chi connectivity index (χ1v) is 10.3. The number of carbonyl (C=O) groups excluding carboxylic acids is 1. The smallest absolute Gasteiger partial charge is 0.416 e. The van der Waals surface area contributed by atoms with Gasteiger partial charge in [0.2, 0.25) is 5.91 Å². The molecule has 2 aromatic carbocycles. The van der Waals surface area contributed by atoms with E-state index in [-0.39, 0.29) is 11.8 Å². The van der Waals surface area contributed by atoms with Crippen molar-refractivity contribution in [1.82, 2.24) is 9.55 Å². The lowest BCUT2D eigenvalue weighted by Gasteiger charge is -2.14. The zero-order valence-corrected chi connectivity index (χ0v) is 18.0. The molecule has 3 aromatic rings. The number of imidazole rings is 1. The maximum atomic E-state index is 13.0. The molecule has 1 N–H and O–H groups in total. The quantitative estimate of drug-likeness (QED) is 0.348. The number of halogens is 6. The van der Waals surface area contributed by atoms with E-state index in [0.717, 1.165) is 23.0 Å². The average molecular weight is 489 g/mol. The summed E-state index contributed by atoms with van der Waals surface area (Å²) < 4.78 is 84.6. The minimum atomic E-state index is -5.00. The Morgan fingerprint density at radius 2 is 1.61 bits per heavy atom. The number of hydrogen-bond acceptors (Lipinski definition) is 4. The lowest BCUT2D eigenvalue weighted by Crippen LogP contribution is -2.17. The number of rotatable bonds is 6. The van der Waals surface area contributed by atoms with Gasteiger partial charge in [-0.2, -0.15) is 26.3 Å². The van der Waals surface area contributed by atoms with Crippen LogP contribution in [0.15, 0.2) is 53.8 Å². The molecule has 0 aliphatic carbocycles. The van der Waals surface area contributed by atoms with Crippen molar-refractivity contribution < 1.29 is 35.9 Å². The predicted molar refractivity (Wildman–Crippen MR) is 111 cm³/mol. The van der Waals surface area contributed by atoms with Gasteiger partial charge in [0, 0.05) is 18.3 Å². The van der Waals surface area contributed by atoms with E-state index in [4.69, 9.17) is 4.74 Å². The van der Waals surface area contributed by atoms with E-state index >= 15 is 0 Å². The SMILES string of the molecule is COc1ccc(-c2cnc(SCC(=O)Nc3cc(C(F)(F)F)cc(C(F)(F)F)c3)n2C)cc1. The van der Waals surface area contributed by atoms with Gasteiger partial charge < -0.3 is 14.6 Å². The lowest BCUT2D eigenvalue weighted by molar-refractivity contribution is -0.143. The maximum Gasteiger partial charge on any atom is 0.416 e. The summed E-state index contributed by atoms with van der Waals surface area (Å²) in [6.45, 7) is 0. The summed E-state index contributed by atoms with van der Waals surface area (Å²) in [4.78, 5) is 16.4. The highest BCUT2D eigenvalue weighted by Crippen LogP contribution is 2.37. The van der Waals surface area contributed by atoms with Crippen LogP contribution >= 0.6 is 11.8 Å². The molecule has 5 nitrogen and oxygen atoms in total. The molecule has 1 amide bonds. The van der Waals surface area contributed by atoms with Crippen molar-refractivity contribution in [2.45, 2.75) is 17.5 Å². The second kappa shape index (κ2) is 9.38. The molecule has 1 heterocycles. The number of nitrogens with one attached hydrogen (secondary N) is 1. The number of aromatic nitrogens is 2. The molecule has 0 aliphatic rings. The minimum absolute atomic E-state index is 0.001000. The number of carbonyl (C=O) groups is 1. The van der Waals surface area contributed by atoms with Crippen LogP contribution in [0.4, 0.5) is 32.0 Å². The molecule has 12 heteroatoms. The molecule has 0 saturated heterocycles. The van der Waals surface area contributed by atoms with Crippen LogP contribution in [0, 0.1) is 0 Å². The molecule has 0 radical (unpaired) electrons. The number of ether oxygens (including phenoxy) is 1. The van der Waals surface area contributed by atoms with Gasteiger partial charge >= 0.3 is 12.4 Å². The Kier molecular flexibility index (Phi) is 6.96. The molecule has 0 bridgehead atoms. The predicted octanol–water partition coefficient (Wildman–Crippen LogP) is 5.86. The largest absolute Gasteiger partial charge is 0.497 e. The van der Waals surface area contributed by atoms with Crippen molar-refractivity contribution in [2.24, 2.45) is 7.05 Å². The van der Waals surface area contributed by atoms with Crippen molar-refractivity contribution >= 4 is 23.4 Å². The third kappa shape index (κ3) is 6.01. The minimum Gasteiger partial charge on any atom is -0.497 e. The normalized spacial score (nSPS) is 12.0. The fraction of sp³-hybridized carbons (Fsp3) is 0.238. The zero-order valence-electron chi connectivity index (χ0n) is 17.2. The summed E-state index contributed by atoms with van der Waals surface area (Å²) in [6.07, 6.45) is -8.41. The average Bonchev–Trinajstić information content (AvgIpc) is 3.11. The highest BCUT2D eigenvalue weighted by Gasteiger charge is 2.37. The molecule has 0 spiro atoms. The number of amides is 1. The maximum absolute atomic E-state index is 13.0. The zero-order chi connectivity index (χ0) is 24.4. The summed E-state index contributed by atoms with van der Waals surface area (Å²) in [7, 11) is 3.26. The third-order valence-electron chi connectivity index (χ3n) is 4.54. The Morgan fingerprint density at radius 1 is 1.03 bits per heavy atom. The second-order valence-corrected chi connectivity index (χ2v) is 7.79. The van der Waals surface area contributed by atoms with E-state index in [1.54, 1.807) is 37.1 Å². The van der Waals surface area contributed by atoms with Gasteiger partial charge in [-0.25, -0.2) is 4.98 Å². The van der Waals surface area contributed by atoms with E-state index in [1.807, 2.05) is 12.1 Å². The van der Waals surface area contributed by atoms with Crippen molar-refractivity contribution in [3.63, 3.8) is 0 Å². The Labute approximate surface area is 188 Å². The van der Waals surface area contributed by atoms with E-state index in [2.05, 4.69) is 10.3 Å². The summed E-state index contributed by atoms with van der Waals surface area (Å²) >= 11 is 0.988. The van der Waals surface area contributed by atoms with Gasteiger partial charge in [-0.1, -0.05) is 11.8 Å². The van der Waals surface area contributed by atoms with Crippen LogP contribution in [0.1, 0.15) is 11.1 Å². The lowest BCUT2D eigenvalue weighted by atomic mass is 10.1. The van der Waals surface area contributed by atoms with Crippen LogP contribution in [0.25, 0.3) is 11.3 Å². The number of benzene rings is 2. The van der Waals surface area contributed by atoms with Gasteiger partial charge in [-0.3, -0.25) is 4.79 Å². The molecule has 0 unspecified atom stereocenters. The molecule has 3 rings (SSSR count). The van der Waals surface area contributed by atoms with Crippen LogP contribution in [-0.4, -0.2) is 28.3 Å². The number of anilines is 1.